The summed E-state index contributed by atoms with van der Waals surface area (Å²) in [5.74, 6) is 0. The van der Waals surface area contributed by atoms with E-state index < -0.39 is 36.7 Å². The second-order valence-corrected chi connectivity index (χ2v) is 10.4. The molecular weight excluding hydrogens is 558 g/mol. The van der Waals surface area contributed by atoms with Crippen LogP contribution in [0.5, 0.6) is 0 Å². The molecule has 3 aromatic rings. The van der Waals surface area contributed by atoms with Crippen LogP contribution in [0.4, 0.5) is 4.79 Å². The Morgan fingerprint density at radius 1 is 0.750 bits per heavy atom. The molecule has 0 unspecified atom stereocenters. The summed E-state index contributed by atoms with van der Waals surface area (Å²) in [7, 11) is 0. The second-order valence-electron chi connectivity index (χ2n) is 10.4. The van der Waals surface area contributed by atoms with Gasteiger partial charge in [0, 0.05) is 0 Å². The zero-order valence-corrected chi connectivity index (χ0v) is 25.1. The molecule has 3 aromatic carbocycles. The number of carbonyl (C=O) groups excluding carboxylic acids is 1. The van der Waals surface area contributed by atoms with E-state index in [0.29, 0.717) is 19.8 Å². The summed E-state index contributed by atoms with van der Waals surface area (Å²) < 4.78 is 37.4. The SMILES string of the molecule is C=CCCCO[C@H]1O[C@H](COCc2ccccc2)[C@H](OCc2ccccc2)[C@H](OCc2ccccc2)[C@@H]1NC(=O)OCC=C. The van der Waals surface area contributed by atoms with Crippen molar-refractivity contribution in [2.24, 2.45) is 0 Å². The topological polar surface area (TPSA) is 84.5 Å². The van der Waals surface area contributed by atoms with Crippen molar-refractivity contribution >= 4 is 6.09 Å². The molecule has 8 heteroatoms. The molecule has 1 N–H and O–H groups in total. The first-order chi connectivity index (χ1) is 21.7. The summed E-state index contributed by atoms with van der Waals surface area (Å²) in [5, 5.41) is 2.94. The Kier molecular flexibility index (Phi) is 14.1. The summed E-state index contributed by atoms with van der Waals surface area (Å²) >= 11 is 0. The van der Waals surface area contributed by atoms with Gasteiger partial charge in [-0.3, -0.25) is 0 Å². The number of hydrogen-bond donors (Lipinski definition) is 1. The van der Waals surface area contributed by atoms with Gasteiger partial charge in [0.25, 0.3) is 0 Å². The van der Waals surface area contributed by atoms with E-state index in [0.717, 1.165) is 29.5 Å². The average molecular weight is 602 g/mol. The van der Waals surface area contributed by atoms with Gasteiger partial charge >= 0.3 is 6.09 Å². The fourth-order valence-electron chi connectivity index (χ4n) is 4.87. The molecule has 4 rings (SSSR count). The van der Waals surface area contributed by atoms with Gasteiger partial charge in [0.1, 0.15) is 31.0 Å². The van der Waals surface area contributed by atoms with E-state index in [9.17, 15) is 4.79 Å². The van der Waals surface area contributed by atoms with E-state index in [4.69, 9.17) is 28.4 Å². The predicted molar refractivity (Wildman–Crippen MR) is 169 cm³/mol. The molecule has 1 aliphatic rings. The Bertz CT molecular complexity index is 1240. The Morgan fingerprint density at radius 3 is 1.89 bits per heavy atom. The van der Waals surface area contributed by atoms with Crippen molar-refractivity contribution in [3.63, 3.8) is 0 Å². The van der Waals surface area contributed by atoms with E-state index in [1.54, 1.807) is 0 Å². The molecule has 1 saturated heterocycles. The summed E-state index contributed by atoms with van der Waals surface area (Å²) in [6, 6.07) is 28.9. The minimum absolute atomic E-state index is 0.0592. The number of amides is 1. The third-order valence-electron chi connectivity index (χ3n) is 7.06. The van der Waals surface area contributed by atoms with Gasteiger partial charge in [-0.1, -0.05) is 110 Å². The highest BCUT2D eigenvalue weighted by Crippen LogP contribution is 2.29. The van der Waals surface area contributed by atoms with Gasteiger partial charge in [-0.25, -0.2) is 4.79 Å². The largest absolute Gasteiger partial charge is 0.445 e. The summed E-state index contributed by atoms with van der Waals surface area (Å²) in [6.45, 7) is 9.12. The molecule has 234 valence electrons. The summed E-state index contributed by atoms with van der Waals surface area (Å²) in [6.07, 6.45) is 1.55. The van der Waals surface area contributed by atoms with Crippen LogP contribution in [0.25, 0.3) is 0 Å². The summed E-state index contributed by atoms with van der Waals surface area (Å²) in [5.41, 5.74) is 3.02. The van der Waals surface area contributed by atoms with Crippen LogP contribution in [-0.2, 0) is 48.2 Å². The van der Waals surface area contributed by atoms with E-state index in [1.165, 1.54) is 6.08 Å². The van der Waals surface area contributed by atoms with Crippen LogP contribution in [-0.4, -0.2) is 56.6 Å². The molecular formula is C36H43NO7. The fraction of sp³-hybridized carbons (Fsp3) is 0.361. The van der Waals surface area contributed by atoms with Crippen molar-refractivity contribution in [3.05, 3.63) is 133 Å². The normalized spacial score (nSPS) is 21.3. The van der Waals surface area contributed by atoms with E-state index in [-0.39, 0.29) is 19.8 Å². The van der Waals surface area contributed by atoms with Crippen LogP contribution in [0.3, 0.4) is 0 Å². The molecule has 0 bridgehead atoms. The van der Waals surface area contributed by atoms with Crippen LogP contribution >= 0.6 is 0 Å². The van der Waals surface area contributed by atoms with Gasteiger partial charge in [0.15, 0.2) is 6.29 Å². The molecule has 5 atom stereocenters. The Balaban J connectivity index is 1.62. The quantitative estimate of drug-likeness (QED) is 0.134. The molecule has 44 heavy (non-hydrogen) atoms. The van der Waals surface area contributed by atoms with E-state index in [1.807, 2.05) is 97.1 Å². The first kappa shape index (κ1) is 33.1. The minimum atomic E-state index is -0.848. The highest BCUT2D eigenvalue weighted by molar-refractivity contribution is 5.67. The lowest BCUT2D eigenvalue weighted by atomic mass is 9.96. The van der Waals surface area contributed by atoms with Crippen molar-refractivity contribution in [1.82, 2.24) is 5.32 Å². The highest BCUT2D eigenvalue weighted by atomic mass is 16.7. The first-order valence-electron chi connectivity index (χ1n) is 15.0. The third-order valence-corrected chi connectivity index (χ3v) is 7.06. The Morgan fingerprint density at radius 2 is 1.32 bits per heavy atom. The summed E-state index contributed by atoms with van der Waals surface area (Å²) in [4.78, 5) is 12.9. The van der Waals surface area contributed by atoms with Gasteiger partial charge in [-0.2, -0.15) is 0 Å². The number of alkyl carbamates (subject to hydrolysis) is 1. The van der Waals surface area contributed by atoms with Crippen molar-refractivity contribution in [2.75, 3.05) is 19.8 Å². The molecule has 8 nitrogen and oxygen atoms in total. The van der Waals surface area contributed by atoms with Crippen LogP contribution < -0.4 is 5.32 Å². The Labute approximate surface area is 260 Å². The predicted octanol–water partition coefficient (Wildman–Crippen LogP) is 6.36. The maximum atomic E-state index is 12.9. The highest BCUT2D eigenvalue weighted by Gasteiger charge is 2.49. The molecule has 0 saturated carbocycles. The second kappa shape index (κ2) is 18.8. The smallest absolute Gasteiger partial charge is 0.407 e. The van der Waals surface area contributed by atoms with Crippen molar-refractivity contribution in [3.8, 4) is 0 Å². The molecule has 1 heterocycles. The number of carbonyl (C=O) groups is 1. The monoisotopic (exact) mass is 601 g/mol. The number of ether oxygens (including phenoxy) is 6. The number of rotatable bonds is 18. The molecule has 0 spiro atoms. The van der Waals surface area contributed by atoms with Crippen LogP contribution in [0, 0.1) is 0 Å². The third kappa shape index (κ3) is 10.7. The first-order valence-corrected chi connectivity index (χ1v) is 15.0. The maximum absolute atomic E-state index is 12.9. The van der Waals surface area contributed by atoms with Crippen molar-refractivity contribution in [2.45, 2.75) is 63.3 Å². The zero-order valence-electron chi connectivity index (χ0n) is 25.1. The number of benzene rings is 3. The van der Waals surface area contributed by atoms with E-state index >= 15 is 0 Å². The zero-order chi connectivity index (χ0) is 30.8. The van der Waals surface area contributed by atoms with Crippen molar-refractivity contribution in [1.29, 1.82) is 0 Å². The van der Waals surface area contributed by atoms with Crippen LogP contribution in [0.1, 0.15) is 29.5 Å². The van der Waals surface area contributed by atoms with Gasteiger partial charge in [-0.05, 0) is 29.5 Å². The molecule has 0 radical (unpaired) electrons. The number of nitrogens with one attached hydrogen (secondary N) is 1. The van der Waals surface area contributed by atoms with Crippen LogP contribution in [0.15, 0.2) is 116 Å². The lowest BCUT2D eigenvalue weighted by Gasteiger charge is -2.46. The van der Waals surface area contributed by atoms with Gasteiger partial charge < -0.3 is 33.7 Å². The number of unbranched alkanes of at least 4 members (excludes halogenated alkanes) is 1. The number of hydrogen-bond acceptors (Lipinski definition) is 7. The Hall–Kier alpha value is -3.79. The average Bonchev–Trinajstić information content (AvgIpc) is 3.06. The molecule has 0 aromatic heterocycles. The lowest BCUT2D eigenvalue weighted by Crippen LogP contribution is -2.66. The van der Waals surface area contributed by atoms with E-state index in [2.05, 4.69) is 18.5 Å². The number of allylic oxidation sites excluding steroid dienone is 1. The standard InChI is InChI=1S/C36H43NO7/c1-3-5-15-23-40-35-32(37-36(38)41-22-4-2)34(43-26-30-20-13-8-14-21-30)33(42-25-29-18-11-7-12-19-29)31(44-35)27-39-24-28-16-9-6-10-17-28/h3-4,6-14,16-21,31-35H,1-2,5,15,22-27H2,(H,37,38)/t31-,32+,33+,34-,35+/m1/s1. The van der Waals surface area contributed by atoms with Crippen molar-refractivity contribution < 1.29 is 33.2 Å². The molecule has 1 aliphatic heterocycles. The lowest BCUT2D eigenvalue weighted by molar-refractivity contribution is -0.290. The minimum Gasteiger partial charge on any atom is -0.445 e. The molecule has 1 amide bonds. The molecule has 0 aliphatic carbocycles. The molecule has 1 fully saturated rings. The van der Waals surface area contributed by atoms with Crippen LogP contribution in [0.2, 0.25) is 0 Å². The van der Waals surface area contributed by atoms with Gasteiger partial charge in [0.2, 0.25) is 0 Å². The fourth-order valence-corrected chi connectivity index (χ4v) is 4.87. The van der Waals surface area contributed by atoms with Gasteiger partial charge in [-0.15, -0.1) is 6.58 Å². The maximum Gasteiger partial charge on any atom is 0.407 e. The van der Waals surface area contributed by atoms with Gasteiger partial charge in [0.05, 0.1) is 33.0 Å².